The van der Waals surface area contributed by atoms with Crippen molar-refractivity contribution in [2.75, 3.05) is 12.4 Å². The molecule has 0 radical (unpaired) electrons. The van der Waals surface area contributed by atoms with Crippen molar-refractivity contribution >= 4 is 11.7 Å². The minimum atomic E-state index is -0.831. The predicted molar refractivity (Wildman–Crippen MR) is 72.5 cm³/mol. The zero-order chi connectivity index (χ0) is 14.3. The summed E-state index contributed by atoms with van der Waals surface area (Å²) in [6, 6.07) is 4.69. The molecule has 0 aromatic heterocycles. The molecule has 0 aliphatic heterocycles. The van der Waals surface area contributed by atoms with Crippen LogP contribution < -0.4 is 5.32 Å². The van der Waals surface area contributed by atoms with E-state index in [1.807, 2.05) is 26.8 Å². The van der Waals surface area contributed by atoms with Crippen molar-refractivity contribution < 1.29 is 13.9 Å². The Kier molecular flexibility index (Phi) is 3.29. The molecule has 0 bridgehead atoms. The standard InChI is InChI=1S/C15H20FNO2/c1-10-7-11(16)9-12(8-10)17-15(3,13(18)19-4)14(2)5-6-14/h7-9,17H,5-6H2,1-4H3. The van der Waals surface area contributed by atoms with Crippen molar-refractivity contribution in [1.29, 1.82) is 0 Å². The third kappa shape index (κ3) is 2.44. The second kappa shape index (κ2) is 4.51. The number of rotatable bonds is 4. The van der Waals surface area contributed by atoms with E-state index >= 15 is 0 Å². The minimum Gasteiger partial charge on any atom is -0.467 e. The summed E-state index contributed by atoms with van der Waals surface area (Å²) in [5, 5.41) is 3.18. The summed E-state index contributed by atoms with van der Waals surface area (Å²) in [7, 11) is 1.38. The van der Waals surface area contributed by atoms with Gasteiger partial charge in [0.1, 0.15) is 11.4 Å². The molecule has 2 rings (SSSR count). The fourth-order valence-corrected chi connectivity index (χ4v) is 2.44. The smallest absolute Gasteiger partial charge is 0.331 e. The molecule has 0 saturated heterocycles. The van der Waals surface area contributed by atoms with Crippen molar-refractivity contribution in [2.24, 2.45) is 5.41 Å². The highest BCUT2D eigenvalue weighted by Gasteiger charge is 2.58. The third-order valence-electron chi connectivity index (χ3n) is 4.24. The molecule has 3 nitrogen and oxygen atoms in total. The van der Waals surface area contributed by atoms with E-state index in [1.165, 1.54) is 19.2 Å². The van der Waals surface area contributed by atoms with E-state index in [9.17, 15) is 9.18 Å². The summed E-state index contributed by atoms with van der Waals surface area (Å²) >= 11 is 0. The molecule has 1 unspecified atom stereocenters. The number of hydrogen-bond acceptors (Lipinski definition) is 3. The number of anilines is 1. The van der Waals surface area contributed by atoms with E-state index < -0.39 is 5.54 Å². The molecule has 0 spiro atoms. The highest BCUT2D eigenvalue weighted by atomic mass is 19.1. The summed E-state index contributed by atoms with van der Waals surface area (Å²) < 4.78 is 18.4. The molecule has 1 saturated carbocycles. The van der Waals surface area contributed by atoms with Gasteiger partial charge in [-0.3, -0.25) is 0 Å². The Labute approximate surface area is 113 Å². The van der Waals surface area contributed by atoms with Crippen LogP contribution in [0.1, 0.15) is 32.3 Å². The number of methoxy groups -OCH3 is 1. The molecule has 1 atom stereocenters. The van der Waals surface area contributed by atoms with Crippen LogP contribution in [0.4, 0.5) is 10.1 Å². The molecule has 0 amide bonds. The van der Waals surface area contributed by atoms with E-state index in [0.29, 0.717) is 5.69 Å². The Balaban J connectivity index is 2.33. The quantitative estimate of drug-likeness (QED) is 0.849. The molecule has 104 valence electrons. The Morgan fingerprint density at radius 1 is 1.42 bits per heavy atom. The van der Waals surface area contributed by atoms with Crippen LogP contribution in [0, 0.1) is 18.2 Å². The first kappa shape index (κ1) is 13.8. The average Bonchev–Trinajstić information content (AvgIpc) is 3.06. The Bertz CT molecular complexity index is 491. The predicted octanol–water partition coefficient (Wildman–Crippen LogP) is 3.28. The van der Waals surface area contributed by atoms with Crippen LogP contribution in [0.2, 0.25) is 0 Å². The van der Waals surface area contributed by atoms with Gasteiger partial charge in [-0.2, -0.15) is 0 Å². The first-order chi connectivity index (χ1) is 8.80. The lowest BCUT2D eigenvalue weighted by atomic mass is 9.83. The summed E-state index contributed by atoms with van der Waals surface area (Å²) in [5.74, 6) is -0.620. The van der Waals surface area contributed by atoms with Crippen LogP contribution in [0.25, 0.3) is 0 Å². The number of carbonyl (C=O) groups is 1. The summed E-state index contributed by atoms with van der Waals surface area (Å²) in [5.41, 5.74) is 0.455. The van der Waals surface area contributed by atoms with E-state index in [1.54, 1.807) is 0 Å². The van der Waals surface area contributed by atoms with E-state index in [2.05, 4.69) is 5.32 Å². The highest BCUT2D eigenvalue weighted by Crippen LogP contribution is 2.55. The zero-order valence-corrected chi connectivity index (χ0v) is 11.8. The molecular formula is C15H20FNO2. The third-order valence-corrected chi connectivity index (χ3v) is 4.24. The van der Waals surface area contributed by atoms with Crippen molar-refractivity contribution in [3.8, 4) is 0 Å². The van der Waals surface area contributed by atoms with Crippen molar-refractivity contribution in [3.63, 3.8) is 0 Å². The fraction of sp³-hybridized carbons (Fsp3) is 0.533. The van der Waals surface area contributed by atoms with Gasteiger partial charge >= 0.3 is 5.97 Å². The van der Waals surface area contributed by atoms with Gasteiger partial charge in [-0.25, -0.2) is 9.18 Å². The van der Waals surface area contributed by atoms with Gasteiger partial charge in [-0.15, -0.1) is 0 Å². The molecule has 1 aliphatic rings. The Hall–Kier alpha value is -1.58. The van der Waals surface area contributed by atoms with Crippen molar-refractivity contribution in [2.45, 2.75) is 39.2 Å². The first-order valence-corrected chi connectivity index (χ1v) is 6.44. The Morgan fingerprint density at radius 3 is 2.53 bits per heavy atom. The number of aryl methyl sites for hydroxylation is 1. The van der Waals surface area contributed by atoms with Crippen LogP contribution in [-0.2, 0) is 9.53 Å². The van der Waals surface area contributed by atoms with E-state index in [0.717, 1.165) is 18.4 Å². The molecule has 1 N–H and O–H groups in total. The number of ether oxygens (including phenoxy) is 1. The summed E-state index contributed by atoms with van der Waals surface area (Å²) in [4.78, 5) is 12.1. The van der Waals surface area contributed by atoms with E-state index in [4.69, 9.17) is 4.74 Å². The molecule has 19 heavy (non-hydrogen) atoms. The van der Waals surface area contributed by atoms with Gasteiger partial charge in [0.25, 0.3) is 0 Å². The zero-order valence-electron chi connectivity index (χ0n) is 11.8. The lowest BCUT2D eigenvalue weighted by molar-refractivity contribution is -0.147. The van der Waals surface area contributed by atoms with Crippen LogP contribution in [0.5, 0.6) is 0 Å². The summed E-state index contributed by atoms with van der Waals surface area (Å²) in [6.07, 6.45) is 1.92. The van der Waals surface area contributed by atoms with Crippen LogP contribution in [0.15, 0.2) is 18.2 Å². The maximum Gasteiger partial charge on any atom is 0.331 e. The van der Waals surface area contributed by atoms with Crippen LogP contribution >= 0.6 is 0 Å². The molecule has 4 heteroatoms. The van der Waals surface area contributed by atoms with Crippen molar-refractivity contribution in [1.82, 2.24) is 0 Å². The maximum atomic E-state index is 13.4. The first-order valence-electron chi connectivity index (χ1n) is 6.44. The number of halogens is 1. The average molecular weight is 265 g/mol. The second-order valence-electron chi connectivity index (χ2n) is 5.82. The monoisotopic (exact) mass is 265 g/mol. The van der Waals surface area contributed by atoms with Gasteiger partial charge in [0.2, 0.25) is 0 Å². The van der Waals surface area contributed by atoms with Gasteiger partial charge in [0, 0.05) is 11.1 Å². The molecule has 1 aromatic carbocycles. The normalized spacial score (nSPS) is 19.4. The SMILES string of the molecule is COC(=O)C(C)(Nc1cc(C)cc(F)c1)C1(C)CC1. The van der Waals surface area contributed by atoms with Gasteiger partial charge in [-0.05, 0) is 50.5 Å². The lowest BCUT2D eigenvalue weighted by Crippen LogP contribution is -2.51. The number of hydrogen-bond donors (Lipinski definition) is 1. The molecule has 1 aromatic rings. The highest BCUT2D eigenvalue weighted by molar-refractivity contribution is 5.86. The largest absolute Gasteiger partial charge is 0.467 e. The van der Waals surface area contributed by atoms with Gasteiger partial charge in [0.05, 0.1) is 7.11 Å². The van der Waals surface area contributed by atoms with Crippen LogP contribution in [-0.4, -0.2) is 18.6 Å². The number of carbonyl (C=O) groups excluding carboxylic acids is 1. The Morgan fingerprint density at radius 2 is 2.05 bits per heavy atom. The van der Waals surface area contributed by atoms with E-state index in [-0.39, 0.29) is 17.2 Å². The van der Waals surface area contributed by atoms with Gasteiger partial charge in [0.15, 0.2) is 0 Å². The second-order valence-corrected chi connectivity index (χ2v) is 5.82. The van der Waals surface area contributed by atoms with Gasteiger partial charge < -0.3 is 10.1 Å². The lowest BCUT2D eigenvalue weighted by Gasteiger charge is -2.35. The molecule has 1 aliphatic carbocycles. The topological polar surface area (TPSA) is 38.3 Å². The number of benzene rings is 1. The van der Waals surface area contributed by atoms with Crippen molar-refractivity contribution in [3.05, 3.63) is 29.6 Å². The molecule has 0 heterocycles. The minimum absolute atomic E-state index is 0.139. The number of esters is 1. The fourth-order valence-electron chi connectivity index (χ4n) is 2.44. The molecule has 1 fully saturated rings. The molecular weight excluding hydrogens is 245 g/mol. The van der Waals surface area contributed by atoms with Crippen LogP contribution in [0.3, 0.4) is 0 Å². The maximum absolute atomic E-state index is 13.4. The summed E-state index contributed by atoms with van der Waals surface area (Å²) in [6.45, 7) is 5.69. The van der Waals surface area contributed by atoms with Gasteiger partial charge in [-0.1, -0.05) is 6.92 Å². The number of nitrogens with one attached hydrogen (secondary N) is 1.